The van der Waals surface area contributed by atoms with Crippen molar-refractivity contribution >= 4 is 51.0 Å². The molecular formula is C15H9BrO2S2. The molecule has 1 heterocycles. The van der Waals surface area contributed by atoms with E-state index in [9.17, 15) is 4.79 Å². The van der Waals surface area contributed by atoms with E-state index in [0.29, 0.717) is 5.56 Å². The molecule has 1 aliphatic rings. The molecule has 0 unspecified atom stereocenters. The molecule has 0 atom stereocenters. The van der Waals surface area contributed by atoms with Gasteiger partial charge in [0.1, 0.15) is 0 Å². The van der Waals surface area contributed by atoms with Gasteiger partial charge in [-0.1, -0.05) is 52.1 Å². The molecule has 100 valence electrons. The Bertz CT molecular complexity index is 741. The number of benzene rings is 2. The maximum atomic E-state index is 11.0. The maximum Gasteiger partial charge on any atom is 0.335 e. The van der Waals surface area contributed by atoms with Gasteiger partial charge in [0.25, 0.3) is 0 Å². The van der Waals surface area contributed by atoms with E-state index in [0.717, 1.165) is 14.3 Å². The number of rotatable bonds is 2. The van der Waals surface area contributed by atoms with Crippen molar-refractivity contribution in [2.75, 3.05) is 0 Å². The van der Waals surface area contributed by atoms with Gasteiger partial charge in [-0.05, 0) is 35.9 Å². The number of halogens is 1. The van der Waals surface area contributed by atoms with Crippen LogP contribution in [0.5, 0.6) is 0 Å². The SMILES string of the molecule is C=C(C(=O)O)c1ccc2c(c1)Sc1ccc(Br)cc1S2. The number of carboxylic acids is 1. The third kappa shape index (κ3) is 2.53. The van der Waals surface area contributed by atoms with Gasteiger partial charge >= 0.3 is 5.97 Å². The van der Waals surface area contributed by atoms with Gasteiger partial charge in [-0.15, -0.1) is 0 Å². The van der Waals surface area contributed by atoms with Gasteiger partial charge < -0.3 is 5.11 Å². The third-order valence-electron chi connectivity index (χ3n) is 2.90. The topological polar surface area (TPSA) is 37.3 Å². The van der Waals surface area contributed by atoms with Gasteiger partial charge in [0.05, 0.1) is 5.57 Å². The Kier molecular flexibility index (Phi) is 3.67. The molecule has 5 heteroatoms. The van der Waals surface area contributed by atoms with Crippen LogP contribution in [-0.4, -0.2) is 11.1 Å². The van der Waals surface area contributed by atoms with E-state index < -0.39 is 5.97 Å². The summed E-state index contributed by atoms with van der Waals surface area (Å²) in [6, 6.07) is 11.8. The van der Waals surface area contributed by atoms with E-state index in [4.69, 9.17) is 5.11 Å². The number of hydrogen-bond donors (Lipinski definition) is 1. The highest BCUT2D eigenvalue weighted by atomic mass is 79.9. The molecule has 2 aromatic rings. The smallest absolute Gasteiger partial charge is 0.335 e. The summed E-state index contributed by atoms with van der Waals surface area (Å²) in [5, 5.41) is 9.01. The van der Waals surface area contributed by atoms with Crippen LogP contribution in [0.1, 0.15) is 5.56 Å². The van der Waals surface area contributed by atoms with Crippen LogP contribution in [0.25, 0.3) is 5.57 Å². The van der Waals surface area contributed by atoms with E-state index in [2.05, 4.69) is 34.6 Å². The summed E-state index contributed by atoms with van der Waals surface area (Å²) >= 11 is 6.83. The summed E-state index contributed by atoms with van der Waals surface area (Å²) in [7, 11) is 0. The fraction of sp³-hybridized carbons (Fsp3) is 0. The second kappa shape index (κ2) is 5.31. The first-order valence-corrected chi connectivity index (χ1v) is 8.19. The third-order valence-corrected chi connectivity index (χ3v) is 5.91. The van der Waals surface area contributed by atoms with E-state index in [1.54, 1.807) is 23.5 Å². The fourth-order valence-corrected chi connectivity index (χ4v) is 4.65. The molecule has 0 radical (unpaired) electrons. The molecule has 20 heavy (non-hydrogen) atoms. The van der Waals surface area contributed by atoms with Crippen molar-refractivity contribution in [1.29, 1.82) is 0 Å². The molecular weight excluding hydrogens is 356 g/mol. The Labute approximate surface area is 133 Å². The molecule has 0 bridgehead atoms. The number of carbonyl (C=O) groups is 1. The molecule has 0 aliphatic carbocycles. The van der Waals surface area contributed by atoms with Crippen LogP contribution >= 0.6 is 39.5 Å². The largest absolute Gasteiger partial charge is 0.478 e. The molecule has 0 saturated carbocycles. The second-order valence-electron chi connectivity index (χ2n) is 4.24. The Morgan fingerprint density at radius 3 is 2.25 bits per heavy atom. The Balaban J connectivity index is 2.00. The van der Waals surface area contributed by atoms with Crippen LogP contribution in [0.3, 0.4) is 0 Å². The van der Waals surface area contributed by atoms with Gasteiger partial charge in [0, 0.05) is 24.1 Å². The monoisotopic (exact) mass is 364 g/mol. The minimum absolute atomic E-state index is 0.125. The van der Waals surface area contributed by atoms with Crippen molar-refractivity contribution in [1.82, 2.24) is 0 Å². The average Bonchev–Trinajstić information content (AvgIpc) is 2.43. The van der Waals surface area contributed by atoms with Crippen molar-refractivity contribution in [2.24, 2.45) is 0 Å². The zero-order valence-electron chi connectivity index (χ0n) is 10.2. The zero-order chi connectivity index (χ0) is 14.3. The molecule has 0 fully saturated rings. The summed E-state index contributed by atoms with van der Waals surface area (Å²) in [6.45, 7) is 3.61. The lowest BCUT2D eigenvalue weighted by atomic mass is 10.1. The first kappa shape index (κ1) is 13.8. The number of carboxylic acid groups (broad SMARTS) is 1. The minimum Gasteiger partial charge on any atom is -0.478 e. The van der Waals surface area contributed by atoms with Gasteiger partial charge in [0.2, 0.25) is 0 Å². The number of aliphatic carboxylic acids is 1. The van der Waals surface area contributed by atoms with Crippen LogP contribution in [0.15, 0.2) is 67.0 Å². The number of fused-ring (bicyclic) bond motifs is 2. The fourth-order valence-electron chi connectivity index (χ4n) is 1.87. The van der Waals surface area contributed by atoms with Gasteiger partial charge in [-0.25, -0.2) is 4.79 Å². The normalized spacial score (nSPS) is 12.4. The van der Waals surface area contributed by atoms with Gasteiger partial charge in [-0.3, -0.25) is 0 Å². The second-order valence-corrected chi connectivity index (χ2v) is 7.32. The number of hydrogen-bond acceptors (Lipinski definition) is 3. The lowest BCUT2D eigenvalue weighted by Crippen LogP contribution is -1.99. The first-order chi connectivity index (χ1) is 9.54. The molecule has 0 spiro atoms. The van der Waals surface area contributed by atoms with Crippen molar-refractivity contribution in [2.45, 2.75) is 19.6 Å². The highest BCUT2D eigenvalue weighted by Gasteiger charge is 2.19. The van der Waals surface area contributed by atoms with Gasteiger partial charge in [-0.2, -0.15) is 0 Å². The molecule has 0 aromatic heterocycles. The van der Waals surface area contributed by atoms with E-state index in [-0.39, 0.29) is 5.57 Å². The van der Waals surface area contributed by atoms with Crippen LogP contribution in [0, 0.1) is 0 Å². The standard InChI is InChI=1S/C15H9BrO2S2/c1-8(15(17)18)9-2-4-11-13(6-9)19-12-5-3-10(16)7-14(12)20-11/h2-7H,1H2,(H,17,18). The van der Waals surface area contributed by atoms with Crippen molar-refractivity contribution in [3.05, 3.63) is 53.0 Å². The summed E-state index contributed by atoms with van der Waals surface area (Å²) in [6.07, 6.45) is 0. The minimum atomic E-state index is -0.984. The molecule has 1 N–H and O–H groups in total. The molecule has 3 rings (SSSR count). The summed E-state index contributed by atoms with van der Waals surface area (Å²) in [5.41, 5.74) is 0.782. The average molecular weight is 365 g/mol. The Morgan fingerprint density at radius 1 is 1.00 bits per heavy atom. The predicted molar refractivity (Wildman–Crippen MR) is 85.5 cm³/mol. The summed E-state index contributed by atoms with van der Waals surface area (Å²) in [5.74, 6) is -0.984. The molecule has 1 aliphatic heterocycles. The van der Waals surface area contributed by atoms with Crippen LogP contribution in [0.2, 0.25) is 0 Å². The molecule has 2 aromatic carbocycles. The van der Waals surface area contributed by atoms with Crippen LogP contribution < -0.4 is 0 Å². The summed E-state index contributed by atoms with van der Waals surface area (Å²) < 4.78 is 1.06. The van der Waals surface area contributed by atoms with E-state index in [1.165, 1.54) is 9.79 Å². The molecule has 0 amide bonds. The predicted octanol–water partition coefficient (Wildman–Crippen LogP) is 5.16. The Morgan fingerprint density at radius 2 is 1.60 bits per heavy atom. The van der Waals surface area contributed by atoms with E-state index in [1.807, 2.05) is 24.3 Å². The lowest BCUT2D eigenvalue weighted by molar-refractivity contribution is -0.130. The quantitative estimate of drug-likeness (QED) is 0.637. The highest BCUT2D eigenvalue weighted by Crippen LogP contribution is 2.49. The van der Waals surface area contributed by atoms with Crippen LogP contribution in [-0.2, 0) is 4.79 Å². The van der Waals surface area contributed by atoms with Gasteiger partial charge in [0.15, 0.2) is 0 Å². The summed E-state index contributed by atoms with van der Waals surface area (Å²) in [4.78, 5) is 15.6. The van der Waals surface area contributed by atoms with Crippen molar-refractivity contribution in [3.8, 4) is 0 Å². The molecule has 2 nitrogen and oxygen atoms in total. The van der Waals surface area contributed by atoms with Crippen molar-refractivity contribution in [3.63, 3.8) is 0 Å². The van der Waals surface area contributed by atoms with E-state index >= 15 is 0 Å². The highest BCUT2D eigenvalue weighted by molar-refractivity contribution is 9.10. The molecule has 0 saturated heterocycles. The first-order valence-electron chi connectivity index (χ1n) is 5.76. The van der Waals surface area contributed by atoms with Crippen LogP contribution in [0.4, 0.5) is 0 Å². The Hall–Kier alpha value is -1.17. The van der Waals surface area contributed by atoms with Crippen molar-refractivity contribution < 1.29 is 9.90 Å². The lowest BCUT2D eigenvalue weighted by Gasteiger charge is -2.19. The zero-order valence-corrected chi connectivity index (χ0v) is 13.4. The maximum absolute atomic E-state index is 11.0.